The average Bonchev–Trinajstić information content (AvgIpc) is 3.04. The van der Waals surface area contributed by atoms with Crippen molar-refractivity contribution in [3.63, 3.8) is 0 Å². The van der Waals surface area contributed by atoms with Gasteiger partial charge < -0.3 is 5.32 Å². The lowest BCUT2D eigenvalue weighted by Crippen LogP contribution is -2.14. The van der Waals surface area contributed by atoms with E-state index in [9.17, 15) is 0 Å². The molecule has 0 aliphatic carbocycles. The number of rotatable bonds is 3. The summed E-state index contributed by atoms with van der Waals surface area (Å²) in [5, 5.41) is 15.6. The predicted molar refractivity (Wildman–Crippen MR) is 73.3 cm³/mol. The summed E-state index contributed by atoms with van der Waals surface area (Å²) in [7, 11) is 0. The third-order valence-electron chi connectivity index (χ3n) is 3.76. The van der Waals surface area contributed by atoms with Crippen LogP contribution in [-0.2, 0) is 6.42 Å². The van der Waals surface area contributed by atoms with E-state index in [1.54, 1.807) is 0 Å². The van der Waals surface area contributed by atoms with Crippen LogP contribution in [0.3, 0.4) is 0 Å². The molecule has 2 aromatic rings. The van der Waals surface area contributed by atoms with Crippen LogP contribution in [0.5, 0.6) is 0 Å². The molecule has 0 spiro atoms. The lowest BCUT2D eigenvalue weighted by Gasteiger charge is -2.11. The second kappa shape index (κ2) is 5.09. The molecule has 100 valence electrons. The Morgan fingerprint density at radius 2 is 2.26 bits per heavy atom. The molecule has 5 heteroatoms. The Kier molecular flexibility index (Phi) is 3.29. The van der Waals surface area contributed by atoms with E-state index in [-0.39, 0.29) is 0 Å². The van der Waals surface area contributed by atoms with Gasteiger partial charge in [-0.1, -0.05) is 12.1 Å². The topological polar surface area (TPSA) is 55.6 Å². The van der Waals surface area contributed by atoms with Crippen molar-refractivity contribution in [1.29, 1.82) is 0 Å². The van der Waals surface area contributed by atoms with Gasteiger partial charge in [0, 0.05) is 6.42 Å². The van der Waals surface area contributed by atoms with E-state index in [2.05, 4.69) is 52.9 Å². The molecular weight excluding hydrogens is 238 g/mol. The van der Waals surface area contributed by atoms with Crippen molar-refractivity contribution in [2.45, 2.75) is 26.7 Å². The lowest BCUT2D eigenvalue weighted by atomic mass is 10.0. The number of nitrogens with zero attached hydrogens (tertiary/aromatic N) is 4. The SMILES string of the molecule is Cc1ccc(C)c(-n2nnnc2CC2CCNC2)c1. The maximum absolute atomic E-state index is 4.20. The van der Waals surface area contributed by atoms with E-state index in [0.29, 0.717) is 5.92 Å². The molecular formula is C14H19N5. The van der Waals surface area contributed by atoms with E-state index in [1.165, 1.54) is 17.5 Å². The van der Waals surface area contributed by atoms with Gasteiger partial charge >= 0.3 is 0 Å². The second-order valence-electron chi connectivity index (χ2n) is 5.36. The molecule has 19 heavy (non-hydrogen) atoms. The molecule has 1 aromatic heterocycles. The third-order valence-corrected chi connectivity index (χ3v) is 3.76. The van der Waals surface area contributed by atoms with Gasteiger partial charge in [0.1, 0.15) is 0 Å². The Labute approximate surface area is 113 Å². The van der Waals surface area contributed by atoms with Crippen LogP contribution >= 0.6 is 0 Å². The van der Waals surface area contributed by atoms with E-state index in [4.69, 9.17) is 0 Å². The van der Waals surface area contributed by atoms with E-state index in [1.807, 2.05) is 4.68 Å². The molecule has 0 amide bonds. The van der Waals surface area contributed by atoms with Crippen LogP contribution in [0, 0.1) is 19.8 Å². The summed E-state index contributed by atoms with van der Waals surface area (Å²) < 4.78 is 1.89. The van der Waals surface area contributed by atoms with E-state index < -0.39 is 0 Å². The highest BCUT2D eigenvalue weighted by atomic mass is 15.5. The zero-order valence-corrected chi connectivity index (χ0v) is 11.4. The van der Waals surface area contributed by atoms with Gasteiger partial charge in [-0.3, -0.25) is 0 Å². The molecule has 5 nitrogen and oxygen atoms in total. The number of aryl methyl sites for hydroxylation is 2. The molecule has 1 aliphatic rings. The summed E-state index contributed by atoms with van der Waals surface area (Å²) in [5.41, 5.74) is 3.51. The van der Waals surface area contributed by atoms with Gasteiger partial charge in [-0.05, 0) is 66.9 Å². The van der Waals surface area contributed by atoms with Crippen LogP contribution in [0.4, 0.5) is 0 Å². The van der Waals surface area contributed by atoms with Crippen LogP contribution in [0.1, 0.15) is 23.4 Å². The molecule has 1 saturated heterocycles. The van der Waals surface area contributed by atoms with Crippen LogP contribution in [0.15, 0.2) is 18.2 Å². The molecule has 1 fully saturated rings. The van der Waals surface area contributed by atoms with Gasteiger partial charge in [-0.25, -0.2) is 0 Å². The number of aromatic nitrogens is 4. The molecule has 3 rings (SSSR count). The summed E-state index contributed by atoms with van der Waals surface area (Å²) in [4.78, 5) is 0. The fraction of sp³-hybridized carbons (Fsp3) is 0.500. The molecule has 2 heterocycles. The number of benzene rings is 1. The quantitative estimate of drug-likeness (QED) is 0.903. The number of hydrogen-bond acceptors (Lipinski definition) is 4. The molecule has 1 atom stereocenters. The Hall–Kier alpha value is -1.75. The largest absolute Gasteiger partial charge is 0.316 e. The van der Waals surface area contributed by atoms with Crippen molar-refractivity contribution < 1.29 is 0 Å². The summed E-state index contributed by atoms with van der Waals surface area (Å²) in [6.45, 7) is 6.36. The van der Waals surface area contributed by atoms with Gasteiger partial charge in [0.2, 0.25) is 0 Å². The van der Waals surface area contributed by atoms with Gasteiger partial charge in [-0.15, -0.1) is 5.10 Å². The highest BCUT2D eigenvalue weighted by molar-refractivity contribution is 5.42. The van der Waals surface area contributed by atoms with Crippen molar-refractivity contribution in [1.82, 2.24) is 25.5 Å². The van der Waals surface area contributed by atoms with Crippen molar-refractivity contribution >= 4 is 0 Å². The minimum atomic E-state index is 0.648. The van der Waals surface area contributed by atoms with E-state index in [0.717, 1.165) is 31.0 Å². The van der Waals surface area contributed by atoms with Crippen LogP contribution < -0.4 is 5.32 Å². The van der Waals surface area contributed by atoms with Gasteiger partial charge in [0.05, 0.1) is 5.69 Å². The molecule has 1 N–H and O–H groups in total. The average molecular weight is 257 g/mol. The maximum atomic E-state index is 4.20. The predicted octanol–water partition coefficient (Wildman–Crippen LogP) is 1.43. The van der Waals surface area contributed by atoms with Crippen molar-refractivity contribution in [3.8, 4) is 5.69 Å². The molecule has 1 unspecified atom stereocenters. The van der Waals surface area contributed by atoms with Crippen molar-refractivity contribution in [2.75, 3.05) is 13.1 Å². The zero-order chi connectivity index (χ0) is 13.2. The number of tetrazole rings is 1. The lowest BCUT2D eigenvalue weighted by molar-refractivity contribution is 0.551. The highest BCUT2D eigenvalue weighted by Gasteiger charge is 2.19. The first-order valence-electron chi connectivity index (χ1n) is 6.79. The Bertz CT molecular complexity index is 569. The minimum Gasteiger partial charge on any atom is -0.316 e. The van der Waals surface area contributed by atoms with Gasteiger partial charge in [-0.2, -0.15) is 4.68 Å². The standard InChI is InChI=1S/C14H19N5/c1-10-3-4-11(2)13(7-10)19-14(16-17-18-19)8-12-5-6-15-9-12/h3-4,7,12,15H,5-6,8-9H2,1-2H3. The summed E-state index contributed by atoms with van der Waals surface area (Å²) in [6.07, 6.45) is 2.15. The first kappa shape index (κ1) is 12.3. The maximum Gasteiger partial charge on any atom is 0.157 e. The first-order valence-corrected chi connectivity index (χ1v) is 6.79. The van der Waals surface area contributed by atoms with Crippen LogP contribution in [0.25, 0.3) is 5.69 Å². The Morgan fingerprint density at radius 3 is 3.05 bits per heavy atom. The zero-order valence-electron chi connectivity index (χ0n) is 11.4. The summed E-state index contributed by atoms with van der Waals surface area (Å²) >= 11 is 0. The Morgan fingerprint density at radius 1 is 1.37 bits per heavy atom. The Balaban J connectivity index is 1.92. The molecule has 0 bridgehead atoms. The van der Waals surface area contributed by atoms with Crippen LogP contribution in [0.2, 0.25) is 0 Å². The molecule has 0 saturated carbocycles. The fourth-order valence-electron chi connectivity index (χ4n) is 2.61. The smallest absolute Gasteiger partial charge is 0.157 e. The number of nitrogens with one attached hydrogen (secondary N) is 1. The monoisotopic (exact) mass is 257 g/mol. The fourth-order valence-corrected chi connectivity index (χ4v) is 2.61. The number of hydrogen-bond donors (Lipinski definition) is 1. The van der Waals surface area contributed by atoms with Crippen LogP contribution in [-0.4, -0.2) is 33.3 Å². The third kappa shape index (κ3) is 2.51. The summed E-state index contributed by atoms with van der Waals surface area (Å²) in [5.74, 6) is 1.61. The van der Waals surface area contributed by atoms with Crippen molar-refractivity contribution in [2.24, 2.45) is 5.92 Å². The van der Waals surface area contributed by atoms with E-state index >= 15 is 0 Å². The minimum absolute atomic E-state index is 0.648. The molecule has 0 radical (unpaired) electrons. The van der Waals surface area contributed by atoms with Gasteiger partial charge in [0.25, 0.3) is 0 Å². The normalized spacial score (nSPS) is 18.9. The highest BCUT2D eigenvalue weighted by Crippen LogP contribution is 2.19. The second-order valence-corrected chi connectivity index (χ2v) is 5.36. The van der Waals surface area contributed by atoms with Gasteiger partial charge in [0.15, 0.2) is 5.82 Å². The van der Waals surface area contributed by atoms with Crippen molar-refractivity contribution in [3.05, 3.63) is 35.2 Å². The summed E-state index contributed by atoms with van der Waals surface area (Å²) in [6, 6.07) is 6.37. The molecule has 1 aromatic carbocycles. The molecule has 1 aliphatic heterocycles. The first-order chi connectivity index (χ1) is 9.24.